The molecule has 1 aromatic carbocycles. The molecule has 3 heterocycles. The first-order valence-electron chi connectivity index (χ1n) is 10.3. The summed E-state index contributed by atoms with van der Waals surface area (Å²) in [5.41, 5.74) is 2.22. The van der Waals surface area contributed by atoms with Gasteiger partial charge in [-0.3, -0.25) is 4.79 Å². The molecule has 1 aliphatic heterocycles. The van der Waals surface area contributed by atoms with E-state index in [4.69, 9.17) is 9.84 Å². The first-order valence-corrected chi connectivity index (χ1v) is 12.0. The fourth-order valence-electron chi connectivity index (χ4n) is 4.26. The summed E-state index contributed by atoms with van der Waals surface area (Å²) in [4.78, 5) is 15.5. The SMILES string of the molecule is O=C(COc1cccc(F)c1)N1N=C2C(=Cc3cccs3)CCCC2C1c1cccs1. The number of hydrogen-bond donors (Lipinski definition) is 0. The van der Waals surface area contributed by atoms with Gasteiger partial charge in [-0.2, -0.15) is 5.10 Å². The molecule has 7 heteroatoms. The van der Waals surface area contributed by atoms with Crippen LogP contribution in [0.15, 0.2) is 70.0 Å². The summed E-state index contributed by atoms with van der Waals surface area (Å²) in [6.07, 6.45) is 5.24. The molecule has 2 unspecified atom stereocenters. The minimum absolute atomic E-state index is 0.120. The Morgan fingerprint density at radius 2 is 2.06 bits per heavy atom. The highest BCUT2D eigenvalue weighted by atomic mass is 32.1. The van der Waals surface area contributed by atoms with Crippen molar-refractivity contribution in [1.82, 2.24) is 5.01 Å². The average molecular weight is 453 g/mol. The van der Waals surface area contributed by atoms with E-state index >= 15 is 0 Å². The Balaban J connectivity index is 1.43. The number of allylic oxidation sites excluding steroid dienone is 1. The van der Waals surface area contributed by atoms with Crippen LogP contribution in [0.2, 0.25) is 0 Å². The third kappa shape index (κ3) is 4.20. The van der Waals surface area contributed by atoms with E-state index in [1.807, 2.05) is 17.5 Å². The number of hydrogen-bond acceptors (Lipinski definition) is 5. The van der Waals surface area contributed by atoms with Crippen LogP contribution in [-0.4, -0.2) is 23.2 Å². The van der Waals surface area contributed by atoms with Crippen molar-refractivity contribution in [2.75, 3.05) is 6.61 Å². The molecule has 0 saturated heterocycles. The van der Waals surface area contributed by atoms with E-state index in [-0.39, 0.29) is 24.5 Å². The van der Waals surface area contributed by atoms with Crippen LogP contribution in [-0.2, 0) is 4.79 Å². The normalized spacial score (nSPS) is 21.8. The van der Waals surface area contributed by atoms with E-state index < -0.39 is 5.82 Å². The second-order valence-electron chi connectivity index (χ2n) is 7.61. The van der Waals surface area contributed by atoms with Gasteiger partial charge in [0.05, 0.1) is 11.8 Å². The third-order valence-electron chi connectivity index (χ3n) is 5.61. The van der Waals surface area contributed by atoms with Crippen molar-refractivity contribution in [3.05, 3.63) is 80.4 Å². The Morgan fingerprint density at radius 1 is 1.19 bits per heavy atom. The van der Waals surface area contributed by atoms with E-state index in [9.17, 15) is 9.18 Å². The maximum absolute atomic E-state index is 13.4. The third-order valence-corrected chi connectivity index (χ3v) is 7.37. The lowest BCUT2D eigenvalue weighted by Crippen LogP contribution is -2.34. The molecule has 0 bridgehead atoms. The van der Waals surface area contributed by atoms with Gasteiger partial charge in [0.1, 0.15) is 11.6 Å². The number of ether oxygens (including phenoxy) is 1. The van der Waals surface area contributed by atoms with E-state index in [0.29, 0.717) is 5.75 Å². The van der Waals surface area contributed by atoms with Gasteiger partial charge < -0.3 is 4.74 Å². The molecule has 1 amide bonds. The van der Waals surface area contributed by atoms with Crippen molar-refractivity contribution < 1.29 is 13.9 Å². The number of amides is 1. The molecule has 3 aromatic rings. The molecular formula is C24H21FN2O2S2. The van der Waals surface area contributed by atoms with Gasteiger partial charge in [0.15, 0.2) is 6.61 Å². The van der Waals surface area contributed by atoms with Gasteiger partial charge in [-0.05, 0) is 65.9 Å². The van der Waals surface area contributed by atoms with Crippen LogP contribution in [0.4, 0.5) is 4.39 Å². The van der Waals surface area contributed by atoms with Crippen molar-refractivity contribution in [3.8, 4) is 5.75 Å². The highest BCUT2D eigenvalue weighted by molar-refractivity contribution is 7.11. The minimum atomic E-state index is -0.391. The molecule has 2 aliphatic rings. The van der Waals surface area contributed by atoms with Gasteiger partial charge in [-0.15, -0.1) is 22.7 Å². The summed E-state index contributed by atoms with van der Waals surface area (Å²) < 4.78 is 19.0. The Bertz CT molecular complexity index is 1120. The summed E-state index contributed by atoms with van der Waals surface area (Å²) in [6.45, 7) is -0.182. The zero-order valence-corrected chi connectivity index (χ0v) is 18.4. The first kappa shape index (κ1) is 20.2. The summed E-state index contributed by atoms with van der Waals surface area (Å²) >= 11 is 3.35. The molecule has 1 saturated carbocycles. The molecule has 2 aromatic heterocycles. The van der Waals surface area contributed by atoms with Crippen LogP contribution < -0.4 is 4.74 Å². The van der Waals surface area contributed by atoms with Gasteiger partial charge in [0.25, 0.3) is 5.91 Å². The Labute approximate surface area is 188 Å². The van der Waals surface area contributed by atoms with Gasteiger partial charge in [-0.1, -0.05) is 18.2 Å². The van der Waals surface area contributed by atoms with E-state index in [1.165, 1.54) is 22.6 Å². The summed E-state index contributed by atoms with van der Waals surface area (Å²) in [7, 11) is 0. The standard InChI is InChI=1S/C24H21FN2O2S2/c25-17-6-2-7-18(14-17)29-15-22(28)27-24(21-10-4-12-31-21)20-9-1-5-16(23(20)26-27)13-19-8-3-11-30-19/h2-4,6-8,10-14,20,24H,1,5,9,15H2. The van der Waals surface area contributed by atoms with E-state index in [2.05, 4.69) is 23.6 Å². The Kier molecular flexibility index (Phi) is 5.70. The molecule has 158 valence electrons. The summed E-state index contributed by atoms with van der Waals surface area (Å²) in [5.74, 6) is -0.0995. The number of fused-ring (bicyclic) bond motifs is 1. The summed E-state index contributed by atoms with van der Waals surface area (Å²) in [5, 5.41) is 10.5. The van der Waals surface area contributed by atoms with Crippen LogP contribution in [0, 0.1) is 11.7 Å². The molecular weight excluding hydrogens is 431 g/mol. The van der Waals surface area contributed by atoms with E-state index in [1.54, 1.807) is 39.8 Å². The lowest BCUT2D eigenvalue weighted by molar-refractivity contribution is -0.135. The second-order valence-corrected chi connectivity index (χ2v) is 9.57. The molecule has 0 N–H and O–H groups in total. The fourth-order valence-corrected chi connectivity index (χ4v) is 5.81. The van der Waals surface area contributed by atoms with Gasteiger partial charge in [0, 0.05) is 21.7 Å². The molecule has 4 nitrogen and oxygen atoms in total. The lowest BCUT2D eigenvalue weighted by Gasteiger charge is -2.28. The number of hydrazone groups is 1. The van der Waals surface area contributed by atoms with Crippen LogP contribution >= 0.6 is 22.7 Å². The molecule has 1 aliphatic carbocycles. The van der Waals surface area contributed by atoms with E-state index in [0.717, 1.165) is 29.9 Å². The predicted octanol–water partition coefficient (Wildman–Crippen LogP) is 6.15. The average Bonchev–Trinajstić information content (AvgIpc) is 3.52. The van der Waals surface area contributed by atoms with Gasteiger partial charge in [0.2, 0.25) is 0 Å². The van der Waals surface area contributed by atoms with Crippen LogP contribution in [0.1, 0.15) is 35.1 Å². The first-order chi connectivity index (χ1) is 15.2. The van der Waals surface area contributed by atoms with Crippen molar-refractivity contribution in [2.24, 2.45) is 11.0 Å². The number of halogens is 1. The summed E-state index contributed by atoms with van der Waals surface area (Å²) in [6, 6.07) is 13.9. The molecule has 0 spiro atoms. The smallest absolute Gasteiger partial charge is 0.281 e. The predicted molar refractivity (Wildman–Crippen MR) is 123 cm³/mol. The topological polar surface area (TPSA) is 41.9 Å². The zero-order chi connectivity index (χ0) is 21.2. The van der Waals surface area contributed by atoms with Crippen molar-refractivity contribution in [1.29, 1.82) is 0 Å². The largest absolute Gasteiger partial charge is 0.484 e. The highest BCUT2D eigenvalue weighted by Gasteiger charge is 2.44. The molecule has 0 radical (unpaired) electrons. The monoisotopic (exact) mass is 452 g/mol. The van der Waals surface area contributed by atoms with Gasteiger partial charge >= 0.3 is 0 Å². The Hall–Kier alpha value is -2.77. The minimum Gasteiger partial charge on any atom is -0.484 e. The van der Waals surface area contributed by atoms with Gasteiger partial charge in [-0.25, -0.2) is 9.40 Å². The number of nitrogens with zero attached hydrogens (tertiary/aromatic N) is 2. The van der Waals surface area contributed by atoms with Crippen molar-refractivity contribution in [2.45, 2.75) is 25.3 Å². The number of thiophene rings is 2. The maximum Gasteiger partial charge on any atom is 0.281 e. The quantitative estimate of drug-likeness (QED) is 0.466. The molecule has 5 rings (SSSR count). The number of rotatable bonds is 5. The number of carbonyl (C=O) groups is 1. The van der Waals surface area contributed by atoms with Crippen LogP contribution in [0.25, 0.3) is 6.08 Å². The molecule has 31 heavy (non-hydrogen) atoms. The lowest BCUT2D eigenvalue weighted by atomic mass is 9.79. The Morgan fingerprint density at radius 3 is 2.84 bits per heavy atom. The van der Waals surface area contributed by atoms with Crippen LogP contribution in [0.5, 0.6) is 5.75 Å². The second kappa shape index (κ2) is 8.77. The van der Waals surface area contributed by atoms with Crippen molar-refractivity contribution >= 4 is 40.4 Å². The maximum atomic E-state index is 13.4. The number of carbonyl (C=O) groups excluding carboxylic acids is 1. The zero-order valence-electron chi connectivity index (χ0n) is 16.7. The van der Waals surface area contributed by atoms with Crippen molar-refractivity contribution in [3.63, 3.8) is 0 Å². The highest BCUT2D eigenvalue weighted by Crippen LogP contribution is 2.45. The fraction of sp³-hybridized carbons (Fsp3) is 0.250. The molecule has 1 fully saturated rings. The number of benzene rings is 1. The van der Waals surface area contributed by atoms with Crippen LogP contribution in [0.3, 0.4) is 0 Å². The molecule has 2 atom stereocenters.